The van der Waals surface area contributed by atoms with Crippen LogP contribution in [0.25, 0.3) is 0 Å². The molecule has 0 aliphatic carbocycles. The quantitative estimate of drug-likeness (QED) is 0.303. The lowest BCUT2D eigenvalue weighted by Crippen LogP contribution is -2.42. The number of guanidine groups is 1. The van der Waals surface area contributed by atoms with Crippen molar-refractivity contribution < 1.29 is 4.42 Å². The van der Waals surface area contributed by atoms with Gasteiger partial charge in [0.1, 0.15) is 11.6 Å². The minimum Gasteiger partial charge on any atom is -0.468 e. The van der Waals surface area contributed by atoms with Crippen molar-refractivity contribution in [1.29, 1.82) is 0 Å². The Hall–Kier alpha value is -1.81. The molecule has 2 aromatic heterocycles. The number of nitrogens with zero attached hydrogens (tertiary/aromatic N) is 4. The SMILES string of the molecule is CCNC(=NCc1ccnc(N2CCCC2)c1)NCC(c1ccco1)N1CCCC1.I. The number of anilines is 1. The van der Waals surface area contributed by atoms with Gasteiger partial charge in [0, 0.05) is 32.4 Å². The van der Waals surface area contributed by atoms with Crippen LogP contribution in [0, 0.1) is 0 Å². The predicted octanol–water partition coefficient (Wildman–Crippen LogP) is 3.79. The number of hydrogen-bond acceptors (Lipinski definition) is 5. The van der Waals surface area contributed by atoms with Crippen LogP contribution in [0.3, 0.4) is 0 Å². The zero-order valence-electron chi connectivity index (χ0n) is 18.4. The Morgan fingerprint density at radius 2 is 1.90 bits per heavy atom. The first-order valence-corrected chi connectivity index (χ1v) is 11.3. The highest BCUT2D eigenvalue weighted by molar-refractivity contribution is 14.0. The second kappa shape index (κ2) is 12.3. The highest BCUT2D eigenvalue weighted by Crippen LogP contribution is 2.25. The molecule has 4 rings (SSSR count). The zero-order chi connectivity index (χ0) is 20.6. The molecule has 2 saturated heterocycles. The highest BCUT2D eigenvalue weighted by Gasteiger charge is 2.25. The summed E-state index contributed by atoms with van der Waals surface area (Å²) in [5.74, 6) is 2.93. The normalized spacial score (nSPS) is 18.1. The van der Waals surface area contributed by atoms with Gasteiger partial charge in [-0.1, -0.05) is 0 Å². The smallest absolute Gasteiger partial charge is 0.191 e. The van der Waals surface area contributed by atoms with E-state index in [0.29, 0.717) is 6.54 Å². The van der Waals surface area contributed by atoms with Crippen LogP contribution in [0.5, 0.6) is 0 Å². The third kappa shape index (κ3) is 6.58. The first-order valence-electron chi connectivity index (χ1n) is 11.3. The average Bonchev–Trinajstić information content (AvgIpc) is 3.56. The second-order valence-electron chi connectivity index (χ2n) is 8.07. The molecule has 0 aromatic carbocycles. The predicted molar refractivity (Wildman–Crippen MR) is 136 cm³/mol. The van der Waals surface area contributed by atoms with Gasteiger partial charge >= 0.3 is 0 Å². The maximum absolute atomic E-state index is 5.74. The fraction of sp³-hybridized carbons (Fsp3) is 0.565. The van der Waals surface area contributed by atoms with E-state index < -0.39 is 0 Å². The number of halogens is 1. The van der Waals surface area contributed by atoms with E-state index in [0.717, 1.165) is 56.8 Å². The molecule has 0 amide bonds. The van der Waals surface area contributed by atoms with E-state index in [2.05, 4.69) is 50.5 Å². The molecule has 2 aliphatic heterocycles. The van der Waals surface area contributed by atoms with Crippen molar-refractivity contribution in [3.05, 3.63) is 48.0 Å². The summed E-state index contributed by atoms with van der Waals surface area (Å²) < 4.78 is 5.74. The molecule has 0 bridgehead atoms. The third-order valence-electron chi connectivity index (χ3n) is 5.92. The number of likely N-dealkylation sites (tertiary alicyclic amines) is 1. The van der Waals surface area contributed by atoms with Gasteiger partial charge in [0.05, 0.1) is 18.8 Å². The van der Waals surface area contributed by atoms with Crippen LogP contribution in [-0.4, -0.2) is 55.1 Å². The Kier molecular flexibility index (Phi) is 9.45. The van der Waals surface area contributed by atoms with Gasteiger partial charge in [0.2, 0.25) is 0 Å². The molecule has 1 unspecified atom stereocenters. The summed E-state index contributed by atoms with van der Waals surface area (Å²) in [5, 5.41) is 6.91. The summed E-state index contributed by atoms with van der Waals surface area (Å²) in [6.07, 6.45) is 8.69. The summed E-state index contributed by atoms with van der Waals surface area (Å²) in [7, 11) is 0. The van der Waals surface area contributed by atoms with Crippen LogP contribution in [-0.2, 0) is 6.54 Å². The molecule has 0 spiro atoms. The van der Waals surface area contributed by atoms with Crippen LogP contribution < -0.4 is 15.5 Å². The molecule has 2 aliphatic rings. The molecule has 4 heterocycles. The molecule has 1 atom stereocenters. The lowest BCUT2D eigenvalue weighted by atomic mass is 10.2. The van der Waals surface area contributed by atoms with Gasteiger partial charge in [-0.3, -0.25) is 4.90 Å². The van der Waals surface area contributed by atoms with Gasteiger partial charge < -0.3 is 20.0 Å². The Morgan fingerprint density at radius 3 is 2.61 bits per heavy atom. The van der Waals surface area contributed by atoms with E-state index in [-0.39, 0.29) is 30.0 Å². The molecule has 2 N–H and O–H groups in total. The maximum atomic E-state index is 5.74. The fourth-order valence-electron chi connectivity index (χ4n) is 4.33. The minimum absolute atomic E-state index is 0. The van der Waals surface area contributed by atoms with E-state index in [1.54, 1.807) is 6.26 Å². The van der Waals surface area contributed by atoms with Gasteiger partial charge in [-0.15, -0.1) is 24.0 Å². The number of aliphatic imine (C=N–C) groups is 1. The van der Waals surface area contributed by atoms with E-state index in [4.69, 9.17) is 9.41 Å². The van der Waals surface area contributed by atoms with E-state index in [1.165, 1.54) is 31.2 Å². The lowest BCUT2D eigenvalue weighted by Gasteiger charge is -2.26. The molecule has 7 nitrogen and oxygen atoms in total. The molecule has 8 heteroatoms. The van der Waals surface area contributed by atoms with Crippen molar-refractivity contribution >= 4 is 35.8 Å². The molecule has 0 radical (unpaired) electrons. The lowest BCUT2D eigenvalue weighted by molar-refractivity contribution is 0.215. The summed E-state index contributed by atoms with van der Waals surface area (Å²) in [6, 6.07) is 8.51. The summed E-state index contributed by atoms with van der Waals surface area (Å²) >= 11 is 0. The largest absolute Gasteiger partial charge is 0.468 e. The molecule has 170 valence electrons. The minimum atomic E-state index is 0. The van der Waals surface area contributed by atoms with Crippen molar-refractivity contribution in [2.75, 3.05) is 44.2 Å². The highest BCUT2D eigenvalue weighted by atomic mass is 127. The first-order chi connectivity index (χ1) is 14.8. The van der Waals surface area contributed by atoms with Gasteiger partial charge in [-0.25, -0.2) is 9.98 Å². The molecular weight excluding hydrogens is 503 g/mol. The molecular formula is C23H35IN6O. The number of nitrogens with one attached hydrogen (secondary N) is 2. The van der Waals surface area contributed by atoms with Crippen LogP contribution in [0.4, 0.5) is 5.82 Å². The fourth-order valence-corrected chi connectivity index (χ4v) is 4.33. The topological polar surface area (TPSA) is 68.9 Å². The van der Waals surface area contributed by atoms with Gasteiger partial charge in [-0.2, -0.15) is 0 Å². The van der Waals surface area contributed by atoms with E-state index >= 15 is 0 Å². The summed E-state index contributed by atoms with van der Waals surface area (Å²) in [4.78, 5) is 14.2. The second-order valence-corrected chi connectivity index (χ2v) is 8.07. The number of aromatic nitrogens is 1. The summed E-state index contributed by atoms with van der Waals surface area (Å²) in [6.45, 7) is 8.79. The van der Waals surface area contributed by atoms with Crippen molar-refractivity contribution in [2.45, 2.75) is 45.2 Å². The number of rotatable bonds is 8. The zero-order valence-corrected chi connectivity index (χ0v) is 20.8. The maximum Gasteiger partial charge on any atom is 0.191 e. The van der Waals surface area contributed by atoms with Crippen LogP contribution >= 0.6 is 24.0 Å². The first kappa shape index (κ1) is 23.8. The molecule has 31 heavy (non-hydrogen) atoms. The standard InChI is InChI=1S/C23H34N6O.HI/c1-2-24-23(26-17-19-9-10-25-22(16-19)29-13-5-6-14-29)27-18-20(21-8-7-15-30-21)28-11-3-4-12-28;/h7-10,15-16,20H,2-6,11-14,17-18H2,1H3,(H2,24,26,27);1H. The van der Waals surface area contributed by atoms with Gasteiger partial charge in [-0.05, 0) is 75.5 Å². The van der Waals surface area contributed by atoms with Crippen molar-refractivity contribution in [2.24, 2.45) is 4.99 Å². The van der Waals surface area contributed by atoms with Crippen LogP contribution in [0.15, 0.2) is 46.1 Å². The van der Waals surface area contributed by atoms with Gasteiger partial charge in [0.15, 0.2) is 5.96 Å². The van der Waals surface area contributed by atoms with Crippen molar-refractivity contribution in [3.63, 3.8) is 0 Å². The summed E-state index contributed by atoms with van der Waals surface area (Å²) in [5.41, 5.74) is 1.19. The van der Waals surface area contributed by atoms with Crippen molar-refractivity contribution in [3.8, 4) is 0 Å². The molecule has 0 saturated carbocycles. The van der Waals surface area contributed by atoms with E-state index in [1.807, 2.05) is 12.3 Å². The number of pyridine rings is 1. The monoisotopic (exact) mass is 538 g/mol. The Bertz CT molecular complexity index is 800. The Balaban J connectivity index is 0.00000272. The molecule has 2 aromatic rings. The number of hydrogen-bond donors (Lipinski definition) is 2. The number of furan rings is 1. The van der Waals surface area contributed by atoms with Crippen LogP contribution in [0.2, 0.25) is 0 Å². The third-order valence-corrected chi connectivity index (χ3v) is 5.92. The van der Waals surface area contributed by atoms with E-state index in [9.17, 15) is 0 Å². The average molecular weight is 538 g/mol. The Morgan fingerprint density at radius 1 is 1.13 bits per heavy atom. The van der Waals surface area contributed by atoms with Crippen molar-refractivity contribution in [1.82, 2.24) is 20.5 Å². The molecule has 2 fully saturated rings. The Labute approximate surface area is 202 Å². The van der Waals surface area contributed by atoms with Crippen LogP contribution in [0.1, 0.15) is 50.0 Å². The van der Waals surface area contributed by atoms with Gasteiger partial charge in [0.25, 0.3) is 0 Å².